The molecule has 5 unspecified atom stereocenters. The van der Waals surface area contributed by atoms with Crippen molar-refractivity contribution in [3.05, 3.63) is 61.4 Å². The van der Waals surface area contributed by atoms with Crippen molar-refractivity contribution in [2.75, 3.05) is 41.2 Å². The average molecular weight is 1560 g/mol. The number of ether oxygens (including phenoxy) is 6. The molecule has 34 heteroatoms. The molecule has 19 nitrogen and oxygen atoms in total. The number of hydrogen-bond acceptors (Lipinski definition) is 19. The van der Waals surface area contributed by atoms with E-state index in [1.165, 1.54) is 14.2 Å². The van der Waals surface area contributed by atoms with Gasteiger partial charge in [-0.15, -0.1) is 19.7 Å². The van der Waals surface area contributed by atoms with Crippen molar-refractivity contribution >= 4 is 54.2 Å². The van der Waals surface area contributed by atoms with Crippen LogP contribution >= 0.6 is 0 Å². The van der Waals surface area contributed by atoms with Crippen molar-refractivity contribution in [1.82, 2.24) is 0 Å². The average Bonchev–Trinajstić information content (AvgIpc) is 0.805. The van der Waals surface area contributed by atoms with Gasteiger partial charge in [0.1, 0.15) is 11.6 Å². The Morgan fingerprint density at radius 2 is 0.923 bits per heavy atom. The van der Waals surface area contributed by atoms with Crippen molar-refractivity contribution < 1.29 is 146 Å². The first-order chi connectivity index (χ1) is 48.8. The first-order valence-corrected chi connectivity index (χ1v) is 38.0. The third kappa shape index (κ3) is 45.5. The SMILES string of the molecule is C=CCOC1CCC/C(O[Si](CC)(CC)CC)=C(/F)CC1.C=CCOC1CCCC(=O)C(F)(F)CC1.C=CCO[C@H]1CCCC(=O)[C@H](F)CC1.COC1CC/C=C(/OS(=O)(=O)C(F)(F)F)C(F)(F)CC1.COC1CCC#CC(F)(F)CC1.COC1CCCC(=O)C(F)(F)CC1.O=C=O.O=C=O.O=C=O. The molecule has 3 saturated carbocycles. The van der Waals surface area contributed by atoms with Crippen LogP contribution in [0.3, 0.4) is 0 Å². The maximum absolute atomic E-state index is 14.4. The Labute approximate surface area is 602 Å². The maximum Gasteiger partial charge on any atom is 0.534 e. The van der Waals surface area contributed by atoms with E-state index in [4.69, 9.17) is 61.6 Å². The summed E-state index contributed by atoms with van der Waals surface area (Å²) in [6.07, 6.45) is 14.1. The first kappa shape index (κ1) is 102. The van der Waals surface area contributed by atoms with E-state index in [-0.39, 0.29) is 118 Å². The van der Waals surface area contributed by atoms with Crippen LogP contribution in [0.25, 0.3) is 0 Å². The van der Waals surface area contributed by atoms with Crippen LogP contribution < -0.4 is 0 Å². The van der Waals surface area contributed by atoms with Crippen LogP contribution in [-0.2, 0) is 90.3 Å². The summed E-state index contributed by atoms with van der Waals surface area (Å²) in [7, 11) is -3.45. The summed E-state index contributed by atoms with van der Waals surface area (Å²) >= 11 is 0. The van der Waals surface area contributed by atoms with Gasteiger partial charge in [-0.05, 0) is 146 Å². The highest BCUT2D eigenvalue weighted by Crippen LogP contribution is 2.39. The Morgan fingerprint density at radius 3 is 1.37 bits per heavy atom. The minimum Gasteiger partial charge on any atom is -0.545 e. The van der Waals surface area contributed by atoms with Gasteiger partial charge in [0.2, 0.25) is 19.9 Å². The van der Waals surface area contributed by atoms with Crippen molar-refractivity contribution in [2.45, 2.75) is 291 Å². The second-order valence-electron chi connectivity index (χ2n) is 24.1. The quantitative estimate of drug-likeness (QED) is 0.0290. The van der Waals surface area contributed by atoms with Crippen LogP contribution in [0.5, 0.6) is 0 Å². The molecule has 3 fully saturated rings. The summed E-state index contributed by atoms with van der Waals surface area (Å²) in [5.74, 6) is -11.4. The Morgan fingerprint density at radius 1 is 0.538 bits per heavy atom. The van der Waals surface area contributed by atoms with E-state index >= 15 is 0 Å². The standard InChI is InChI=1S/C17H31FO2Si.C11H16F2O2.C11H17FO2.C10H13F5O4S.C9H14F2O2.C9H12F2O.3CO2/c1-5-14-19-15-10-9-11-17(16(18)13-12-15)20-21(6-2,7-3)8-4;1-2-8-15-9-4-3-5-10(14)11(12,13)7-6-9;1-2-8-14-9-4-3-5-11(13)10(12)7-6-9;1-18-7-3-2-4-8(9(11,12)6-5-7)19-20(16,17)10(13,14)15;1-13-7-3-2-4-8(12)9(10,11)6-5-7;1-12-8-4-2-3-6-9(10,11)7-5-8;3*2-1-3/h5,15H,1,6-14H2,2-4H3;2,9H,1,3-8H2;2,9-10H,1,3-8H2;4,7H,2-3,5-6H2,1H3;7H,2-6H2,1H3;8H,2,4-5,7H2,1H3;;;/b17-16-;;;8-4+;;;;;/t;;9-,10+;;;;;;/m..0....../s1. The fraction of sp³-hybridized carbons (Fsp3) is 0.743. The summed E-state index contributed by atoms with van der Waals surface area (Å²) in [6, 6.07) is 3.17. The van der Waals surface area contributed by atoms with E-state index in [0.29, 0.717) is 102 Å². The molecule has 6 aliphatic rings. The number of alkyl halides is 12. The molecular weight excluding hydrogens is 1450 g/mol. The van der Waals surface area contributed by atoms with Gasteiger partial charge in [-0.3, -0.25) is 14.4 Å². The molecule has 104 heavy (non-hydrogen) atoms. The van der Waals surface area contributed by atoms with Gasteiger partial charge in [-0.25, -0.2) is 8.78 Å². The van der Waals surface area contributed by atoms with Crippen LogP contribution in [-0.4, -0.2) is 166 Å². The van der Waals surface area contributed by atoms with Gasteiger partial charge in [-0.2, -0.15) is 85.5 Å². The molecule has 0 aromatic heterocycles. The molecule has 0 spiro atoms. The smallest absolute Gasteiger partial charge is 0.534 e. The number of rotatable bonds is 19. The van der Waals surface area contributed by atoms with Crippen LogP contribution in [0.15, 0.2) is 61.4 Å². The number of hydrogen-bond donors (Lipinski definition) is 0. The van der Waals surface area contributed by atoms with Gasteiger partial charge in [0.15, 0.2) is 17.7 Å². The van der Waals surface area contributed by atoms with E-state index in [0.717, 1.165) is 56.7 Å². The zero-order chi connectivity index (χ0) is 80.1. The minimum absolute atomic E-state index is 0.0210. The molecule has 0 bridgehead atoms. The number of Topliss-reactive ketones (excluding diaryl/α,β-unsaturated/α-hetero) is 3. The van der Waals surface area contributed by atoms with Gasteiger partial charge in [0, 0.05) is 85.5 Å². The number of ketones is 3. The number of allylic oxidation sites excluding steroid dienone is 4. The van der Waals surface area contributed by atoms with E-state index in [1.54, 1.807) is 25.3 Å². The Kier molecular flexibility index (Phi) is 55.4. The number of methoxy groups -OCH3 is 3. The fourth-order valence-corrected chi connectivity index (χ4v) is 13.8. The van der Waals surface area contributed by atoms with Gasteiger partial charge >= 0.3 is 57.8 Å². The largest absolute Gasteiger partial charge is 0.545 e. The zero-order valence-corrected chi connectivity index (χ0v) is 61.9. The van der Waals surface area contributed by atoms with Crippen molar-refractivity contribution in [1.29, 1.82) is 0 Å². The van der Waals surface area contributed by atoms with Gasteiger partial charge in [0.25, 0.3) is 0 Å². The molecule has 0 N–H and O–H groups in total. The zero-order valence-electron chi connectivity index (χ0n) is 60.1. The predicted molar refractivity (Wildman–Crippen MR) is 355 cm³/mol. The monoisotopic (exact) mass is 1550 g/mol. The van der Waals surface area contributed by atoms with E-state index in [2.05, 4.69) is 50.6 Å². The van der Waals surface area contributed by atoms with Crippen molar-refractivity contribution in [2.24, 2.45) is 0 Å². The minimum atomic E-state index is -6.10. The lowest BCUT2D eigenvalue weighted by molar-refractivity contribution is -0.193. The maximum atomic E-state index is 14.4. The highest BCUT2D eigenvalue weighted by Gasteiger charge is 2.52. The molecular formula is C70H103F13O19SSi. The number of halogens is 13. The molecule has 6 rings (SSSR count). The molecule has 0 heterocycles. The second kappa shape index (κ2) is 56.3. The van der Waals surface area contributed by atoms with Gasteiger partial charge < -0.3 is 37.0 Å². The van der Waals surface area contributed by atoms with Crippen LogP contribution in [0.1, 0.15) is 201 Å². The third-order valence-corrected chi connectivity index (χ3v) is 22.4. The molecule has 0 saturated heterocycles. The normalized spacial score (nSPS) is 25.1. The Balaban J connectivity index is -0.00000116. The molecule has 0 amide bonds. The lowest BCUT2D eigenvalue weighted by Crippen LogP contribution is -2.35. The van der Waals surface area contributed by atoms with Crippen molar-refractivity contribution in [3.63, 3.8) is 0 Å². The molecule has 598 valence electrons. The molecule has 0 aromatic carbocycles. The third-order valence-electron chi connectivity index (χ3n) is 16.9. The highest BCUT2D eigenvalue weighted by atomic mass is 32.2. The van der Waals surface area contributed by atoms with Gasteiger partial charge in [-0.1, -0.05) is 44.9 Å². The second-order valence-corrected chi connectivity index (χ2v) is 30.4. The molecule has 0 radical (unpaired) electrons. The van der Waals surface area contributed by atoms with E-state index < -0.39 is 90.1 Å². The van der Waals surface area contributed by atoms with Crippen LogP contribution in [0.2, 0.25) is 18.1 Å². The van der Waals surface area contributed by atoms with Crippen molar-refractivity contribution in [3.8, 4) is 11.8 Å². The lowest BCUT2D eigenvalue weighted by Gasteiger charge is -2.32. The number of carbonyl (C=O) groups excluding carboxylic acids is 9. The summed E-state index contributed by atoms with van der Waals surface area (Å²) in [5.41, 5.74) is -5.75. The van der Waals surface area contributed by atoms with Crippen LogP contribution in [0.4, 0.5) is 57.1 Å². The highest BCUT2D eigenvalue weighted by molar-refractivity contribution is 7.87. The molecule has 0 aromatic rings. The molecule has 7 atom stereocenters. The summed E-state index contributed by atoms with van der Waals surface area (Å²) in [5, 5.41) is 0. The summed E-state index contributed by atoms with van der Waals surface area (Å²) in [6.45, 7) is 18.7. The van der Waals surface area contributed by atoms with E-state index in [9.17, 15) is 79.9 Å². The Bertz CT molecular complexity index is 2790. The Hall–Kier alpha value is -5.97. The summed E-state index contributed by atoms with van der Waals surface area (Å²) in [4.78, 5) is 81.7. The molecule has 0 aliphatic heterocycles. The fourth-order valence-electron chi connectivity index (χ4n) is 10.6. The van der Waals surface area contributed by atoms with Gasteiger partial charge in [0.05, 0.1) is 56.4 Å². The van der Waals surface area contributed by atoms with Crippen LogP contribution in [0, 0.1) is 11.8 Å². The number of carbonyl (C=O) groups is 3. The molecule has 6 aliphatic carbocycles. The lowest BCUT2D eigenvalue weighted by atomic mass is 9.95. The predicted octanol–water partition coefficient (Wildman–Crippen LogP) is 16.5. The topological polar surface area (TPSA) is 262 Å². The van der Waals surface area contributed by atoms with E-state index in [1.807, 2.05) is 5.92 Å². The summed E-state index contributed by atoms with van der Waals surface area (Å²) < 4.78 is 232. The first-order valence-electron chi connectivity index (χ1n) is 34.1.